The minimum Gasteiger partial charge on any atom is -0.481 e. The number of sulfonamides is 1. The van der Waals surface area contributed by atoms with Crippen molar-refractivity contribution in [2.75, 3.05) is 12.3 Å². The lowest BCUT2D eigenvalue weighted by molar-refractivity contribution is -0.138. The van der Waals surface area contributed by atoms with E-state index in [4.69, 9.17) is 5.11 Å². The first-order valence-electron chi connectivity index (χ1n) is 10.2. The van der Waals surface area contributed by atoms with Gasteiger partial charge in [0.2, 0.25) is 21.8 Å². The number of hydrogen-bond donors (Lipinski definition) is 2. The van der Waals surface area contributed by atoms with Crippen LogP contribution in [0.5, 0.6) is 0 Å². The first-order valence-corrected chi connectivity index (χ1v) is 11.8. The zero-order valence-electron chi connectivity index (χ0n) is 18.3. The fourth-order valence-corrected chi connectivity index (χ4v) is 3.54. The molecule has 0 spiro atoms. The Morgan fingerprint density at radius 3 is 1.97 bits per heavy atom. The molecule has 0 saturated carbocycles. The van der Waals surface area contributed by atoms with Crippen molar-refractivity contribution in [1.82, 2.24) is 9.62 Å². The van der Waals surface area contributed by atoms with Gasteiger partial charge in [-0.15, -0.1) is 0 Å². The second-order valence-electron chi connectivity index (χ2n) is 6.68. The van der Waals surface area contributed by atoms with Crippen LogP contribution in [0.4, 0.5) is 0 Å². The number of carboxylic acid groups (broad SMARTS) is 1. The van der Waals surface area contributed by atoms with Crippen molar-refractivity contribution in [2.45, 2.75) is 66.3 Å². The first-order chi connectivity index (χ1) is 14.1. The zero-order valence-corrected chi connectivity index (χ0v) is 19.1. The Morgan fingerprint density at radius 1 is 0.967 bits per heavy atom. The van der Waals surface area contributed by atoms with Gasteiger partial charge in [0, 0.05) is 25.9 Å². The van der Waals surface area contributed by atoms with Gasteiger partial charge in [0.15, 0.2) is 0 Å². The highest BCUT2D eigenvalue weighted by Crippen LogP contribution is 2.10. The van der Waals surface area contributed by atoms with Gasteiger partial charge in [0.05, 0.1) is 12.2 Å². The number of aryl methyl sites for hydroxylation is 1. The monoisotopic (exact) mass is 442 g/mol. The number of hydrogen-bond acceptors (Lipinski definition) is 5. The Balaban J connectivity index is 0.000000654. The van der Waals surface area contributed by atoms with Gasteiger partial charge in [-0.1, -0.05) is 52.0 Å². The summed E-state index contributed by atoms with van der Waals surface area (Å²) in [5, 5.41) is 8.71. The van der Waals surface area contributed by atoms with Crippen LogP contribution >= 0.6 is 0 Å². The van der Waals surface area contributed by atoms with Crippen molar-refractivity contribution in [3.8, 4) is 0 Å². The van der Waals surface area contributed by atoms with E-state index >= 15 is 0 Å². The standard InChI is InChI=1S/C15H21NO3.C6H13NO3S/c1-3-12-5-7-13(8-6-12)11-16(14(17)4-2)10-9-15(18)19;1-3-5-11(9,10)7-6(8)4-2/h5-8H,3-4,9-11H2,1-2H3,(H,18,19);3-5H2,1-2H3,(H,7,8). The Hall–Kier alpha value is -2.42. The Morgan fingerprint density at radius 2 is 1.53 bits per heavy atom. The predicted octanol–water partition coefficient (Wildman–Crippen LogP) is 2.71. The van der Waals surface area contributed by atoms with E-state index in [9.17, 15) is 22.8 Å². The van der Waals surface area contributed by atoms with Gasteiger partial charge in [0.1, 0.15) is 0 Å². The summed E-state index contributed by atoms with van der Waals surface area (Å²) in [6.07, 6.45) is 2.08. The molecular weight excluding hydrogens is 408 g/mol. The van der Waals surface area contributed by atoms with Crippen LogP contribution in [0.3, 0.4) is 0 Å². The molecule has 8 nitrogen and oxygen atoms in total. The molecule has 0 aliphatic heterocycles. The summed E-state index contributed by atoms with van der Waals surface area (Å²) in [4.78, 5) is 34.6. The molecule has 0 aromatic heterocycles. The molecule has 0 saturated heterocycles. The second-order valence-corrected chi connectivity index (χ2v) is 8.52. The quantitative estimate of drug-likeness (QED) is 0.543. The molecule has 0 atom stereocenters. The molecule has 0 unspecified atom stereocenters. The van der Waals surface area contributed by atoms with Gasteiger partial charge < -0.3 is 10.0 Å². The third kappa shape index (κ3) is 12.2. The van der Waals surface area contributed by atoms with Crippen LogP contribution in [0.2, 0.25) is 0 Å². The summed E-state index contributed by atoms with van der Waals surface area (Å²) < 4.78 is 23.7. The smallest absolute Gasteiger partial charge is 0.305 e. The maximum Gasteiger partial charge on any atom is 0.305 e. The van der Waals surface area contributed by atoms with Crippen molar-refractivity contribution < 1.29 is 27.9 Å². The van der Waals surface area contributed by atoms with E-state index in [1.165, 1.54) is 5.56 Å². The number of nitrogens with one attached hydrogen (secondary N) is 1. The summed E-state index contributed by atoms with van der Waals surface area (Å²) in [7, 11) is -3.34. The van der Waals surface area contributed by atoms with Crippen molar-refractivity contribution >= 4 is 27.8 Å². The highest BCUT2D eigenvalue weighted by Gasteiger charge is 2.13. The van der Waals surface area contributed by atoms with Crippen molar-refractivity contribution in [3.05, 3.63) is 35.4 Å². The van der Waals surface area contributed by atoms with Gasteiger partial charge in [-0.05, 0) is 24.0 Å². The van der Waals surface area contributed by atoms with Gasteiger partial charge in [-0.25, -0.2) is 8.42 Å². The number of aliphatic carboxylic acids is 1. The summed E-state index contributed by atoms with van der Waals surface area (Å²) in [6, 6.07) is 8.08. The molecular formula is C21H34N2O6S. The van der Waals surface area contributed by atoms with Crippen molar-refractivity contribution in [2.24, 2.45) is 0 Å². The molecule has 1 aromatic carbocycles. The molecule has 0 aliphatic rings. The van der Waals surface area contributed by atoms with Crippen LogP contribution in [0.1, 0.15) is 64.5 Å². The Kier molecular flexibility index (Phi) is 13.4. The predicted molar refractivity (Wildman–Crippen MR) is 116 cm³/mol. The fourth-order valence-electron chi connectivity index (χ4n) is 2.41. The maximum atomic E-state index is 11.8. The summed E-state index contributed by atoms with van der Waals surface area (Å²) in [6.45, 7) is 7.97. The SMILES string of the molecule is CCC(=O)N(CCC(=O)O)Cc1ccc(CC)cc1.CCCS(=O)(=O)NC(=O)CC. The van der Waals surface area contributed by atoms with Crippen molar-refractivity contribution in [1.29, 1.82) is 0 Å². The van der Waals surface area contributed by atoms with Crippen LogP contribution in [0.15, 0.2) is 24.3 Å². The topological polar surface area (TPSA) is 121 Å². The number of benzene rings is 1. The molecule has 0 heterocycles. The van der Waals surface area contributed by atoms with E-state index in [1.54, 1.807) is 25.7 Å². The van der Waals surface area contributed by atoms with Crippen LogP contribution < -0.4 is 4.72 Å². The molecule has 170 valence electrons. The zero-order chi connectivity index (χ0) is 23.2. The van der Waals surface area contributed by atoms with E-state index in [1.807, 2.05) is 29.0 Å². The van der Waals surface area contributed by atoms with Gasteiger partial charge >= 0.3 is 5.97 Å². The Labute approximate surface area is 179 Å². The molecule has 30 heavy (non-hydrogen) atoms. The van der Waals surface area contributed by atoms with E-state index < -0.39 is 21.9 Å². The van der Waals surface area contributed by atoms with Crippen LogP contribution in [0.25, 0.3) is 0 Å². The van der Waals surface area contributed by atoms with Gasteiger partial charge in [-0.3, -0.25) is 19.1 Å². The number of carbonyl (C=O) groups excluding carboxylic acids is 2. The van der Waals surface area contributed by atoms with E-state index in [2.05, 4.69) is 6.92 Å². The Bertz CT molecular complexity index is 775. The summed E-state index contributed by atoms with van der Waals surface area (Å²) in [5.41, 5.74) is 2.28. The van der Waals surface area contributed by atoms with E-state index in [0.717, 1.165) is 12.0 Å². The highest BCUT2D eigenvalue weighted by molar-refractivity contribution is 7.90. The molecule has 0 bridgehead atoms. The maximum absolute atomic E-state index is 11.8. The fraction of sp³-hybridized carbons (Fsp3) is 0.571. The molecule has 2 amide bonds. The molecule has 0 radical (unpaired) electrons. The molecule has 1 rings (SSSR count). The normalized spacial score (nSPS) is 10.5. The lowest BCUT2D eigenvalue weighted by Crippen LogP contribution is -2.31. The number of rotatable bonds is 11. The van der Waals surface area contributed by atoms with Crippen LogP contribution in [-0.4, -0.2) is 48.5 Å². The number of amides is 2. The highest BCUT2D eigenvalue weighted by atomic mass is 32.2. The van der Waals surface area contributed by atoms with Gasteiger partial charge in [0.25, 0.3) is 0 Å². The largest absolute Gasteiger partial charge is 0.481 e. The van der Waals surface area contributed by atoms with Crippen LogP contribution in [0, 0.1) is 0 Å². The van der Waals surface area contributed by atoms with E-state index in [0.29, 0.717) is 19.4 Å². The number of carbonyl (C=O) groups is 3. The lowest BCUT2D eigenvalue weighted by atomic mass is 10.1. The van der Waals surface area contributed by atoms with Crippen molar-refractivity contribution in [3.63, 3.8) is 0 Å². The summed E-state index contributed by atoms with van der Waals surface area (Å²) in [5.74, 6) is -1.33. The molecule has 0 aliphatic carbocycles. The average Bonchev–Trinajstić information content (AvgIpc) is 2.70. The lowest BCUT2D eigenvalue weighted by Gasteiger charge is -2.21. The second kappa shape index (κ2) is 14.5. The third-order valence-electron chi connectivity index (χ3n) is 4.12. The minimum absolute atomic E-state index is 0.0126. The first kappa shape index (κ1) is 27.6. The molecule has 2 N–H and O–H groups in total. The summed E-state index contributed by atoms with van der Waals surface area (Å²) >= 11 is 0. The van der Waals surface area contributed by atoms with E-state index in [-0.39, 0.29) is 31.0 Å². The van der Waals surface area contributed by atoms with Crippen LogP contribution in [-0.2, 0) is 37.4 Å². The third-order valence-corrected chi connectivity index (χ3v) is 5.60. The number of nitrogens with zero attached hydrogens (tertiary/aromatic N) is 1. The molecule has 9 heteroatoms. The number of carboxylic acids is 1. The molecule has 1 aromatic rings. The van der Waals surface area contributed by atoms with Gasteiger partial charge in [-0.2, -0.15) is 0 Å². The molecule has 0 fully saturated rings. The minimum atomic E-state index is -3.34. The average molecular weight is 443 g/mol.